The monoisotopic (exact) mass is 394 g/mol. The SMILES string of the molecule is CCC[C@H](NC(=O)O)C(O)C(=O)NCC(=O)N[C@H](C(=O)NC)c1ccccc1. The normalized spacial score (nSPS) is 13.5. The molecule has 0 fully saturated rings. The van der Waals surface area contributed by atoms with Crippen molar-refractivity contribution in [1.29, 1.82) is 0 Å². The number of aliphatic hydroxyl groups is 1. The van der Waals surface area contributed by atoms with Gasteiger partial charge in [0.2, 0.25) is 11.8 Å². The lowest BCUT2D eigenvalue weighted by Crippen LogP contribution is -2.52. The fourth-order valence-corrected chi connectivity index (χ4v) is 2.54. The molecular formula is C18H26N4O6. The smallest absolute Gasteiger partial charge is 0.404 e. The van der Waals surface area contributed by atoms with E-state index in [4.69, 9.17) is 5.11 Å². The molecular weight excluding hydrogens is 368 g/mol. The van der Waals surface area contributed by atoms with E-state index in [1.807, 2.05) is 0 Å². The Labute approximate surface area is 162 Å². The summed E-state index contributed by atoms with van der Waals surface area (Å²) in [5.41, 5.74) is 0.565. The van der Waals surface area contributed by atoms with Crippen LogP contribution < -0.4 is 21.3 Å². The molecule has 0 bridgehead atoms. The van der Waals surface area contributed by atoms with E-state index < -0.39 is 48.5 Å². The zero-order valence-corrected chi connectivity index (χ0v) is 15.8. The highest BCUT2D eigenvalue weighted by atomic mass is 16.4. The summed E-state index contributed by atoms with van der Waals surface area (Å²) in [5.74, 6) is -1.96. The molecule has 10 heteroatoms. The topological polar surface area (TPSA) is 157 Å². The van der Waals surface area contributed by atoms with Gasteiger partial charge in [0.05, 0.1) is 12.6 Å². The van der Waals surface area contributed by atoms with Crippen molar-refractivity contribution in [2.75, 3.05) is 13.6 Å². The molecule has 0 aliphatic carbocycles. The van der Waals surface area contributed by atoms with Gasteiger partial charge in [-0.15, -0.1) is 0 Å². The highest BCUT2D eigenvalue weighted by molar-refractivity contribution is 5.91. The lowest BCUT2D eigenvalue weighted by Gasteiger charge is -2.22. The number of amides is 4. The second kappa shape index (κ2) is 11.5. The molecule has 0 aromatic heterocycles. The molecule has 154 valence electrons. The molecule has 0 saturated heterocycles. The molecule has 0 spiro atoms. The van der Waals surface area contributed by atoms with Crippen molar-refractivity contribution in [2.45, 2.75) is 38.0 Å². The minimum Gasteiger partial charge on any atom is -0.465 e. The zero-order valence-electron chi connectivity index (χ0n) is 15.8. The van der Waals surface area contributed by atoms with E-state index >= 15 is 0 Å². The molecule has 3 atom stereocenters. The molecule has 10 nitrogen and oxygen atoms in total. The first-order valence-electron chi connectivity index (χ1n) is 8.81. The van der Waals surface area contributed by atoms with Crippen LogP contribution in [0.25, 0.3) is 0 Å². The van der Waals surface area contributed by atoms with Gasteiger partial charge < -0.3 is 31.5 Å². The van der Waals surface area contributed by atoms with Gasteiger partial charge in [-0.25, -0.2) is 4.79 Å². The number of nitrogens with one attached hydrogen (secondary N) is 4. The van der Waals surface area contributed by atoms with Gasteiger partial charge in [0.25, 0.3) is 5.91 Å². The van der Waals surface area contributed by atoms with Gasteiger partial charge in [-0.05, 0) is 12.0 Å². The molecule has 1 rings (SSSR count). The van der Waals surface area contributed by atoms with Crippen molar-refractivity contribution < 1.29 is 29.4 Å². The first kappa shape index (κ1) is 22.9. The first-order chi connectivity index (χ1) is 13.3. The van der Waals surface area contributed by atoms with E-state index in [9.17, 15) is 24.3 Å². The minimum atomic E-state index is -1.65. The summed E-state index contributed by atoms with van der Waals surface area (Å²) in [6, 6.07) is 6.63. The van der Waals surface area contributed by atoms with Crippen LogP contribution in [0.4, 0.5) is 4.79 Å². The Morgan fingerprint density at radius 2 is 1.68 bits per heavy atom. The summed E-state index contributed by atoms with van der Waals surface area (Å²) >= 11 is 0. The Balaban J connectivity index is 2.67. The molecule has 28 heavy (non-hydrogen) atoms. The third-order valence-electron chi connectivity index (χ3n) is 3.93. The average Bonchev–Trinajstić information content (AvgIpc) is 2.69. The van der Waals surface area contributed by atoms with E-state index in [1.165, 1.54) is 7.05 Å². The van der Waals surface area contributed by atoms with E-state index in [-0.39, 0.29) is 6.42 Å². The van der Waals surface area contributed by atoms with E-state index in [1.54, 1.807) is 37.3 Å². The van der Waals surface area contributed by atoms with Crippen molar-refractivity contribution in [3.63, 3.8) is 0 Å². The third-order valence-corrected chi connectivity index (χ3v) is 3.93. The van der Waals surface area contributed by atoms with Crippen LogP contribution >= 0.6 is 0 Å². The van der Waals surface area contributed by atoms with E-state index in [0.29, 0.717) is 12.0 Å². The number of carbonyl (C=O) groups excluding carboxylic acids is 3. The summed E-state index contributed by atoms with van der Waals surface area (Å²) < 4.78 is 0. The summed E-state index contributed by atoms with van der Waals surface area (Å²) in [7, 11) is 1.44. The Morgan fingerprint density at radius 1 is 1.04 bits per heavy atom. The summed E-state index contributed by atoms with van der Waals surface area (Å²) in [5, 5.41) is 28.1. The molecule has 4 amide bonds. The predicted molar refractivity (Wildman–Crippen MR) is 100 cm³/mol. The van der Waals surface area contributed by atoms with E-state index in [0.717, 1.165) is 0 Å². The molecule has 0 radical (unpaired) electrons. The minimum absolute atomic E-state index is 0.250. The summed E-state index contributed by atoms with van der Waals surface area (Å²) in [6.45, 7) is 1.29. The van der Waals surface area contributed by atoms with Crippen LogP contribution in [0.3, 0.4) is 0 Å². The first-order valence-corrected chi connectivity index (χ1v) is 8.81. The van der Waals surface area contributed by atoms with Gasteiger partial charge in [-0.3, -0.25) is 14.4 Å². The van der Waals surface area contributed by atoms with Crippen LogP contribution in [0.5, 0.6) is 0 Å². The second-order valence-electron chi connectivity index (χ2n) is 6.03. The quantitative estimate of drug-likeness (QED) is 0.314. The number of carbonyl (C=O) groups is 4. The van der Waals surface area contributed by atoms with Crippen LogP contribution in [-0.2, 0) is 14.4 Å². The number of aliphatic hydroxyl groups excluding tert-OH is 1. The number of likely N-dealkylation sites (N-methyl/N-ethyl adjacent to an activating group) is 1. The van der Waals surface area contributed by atoms with Gasteiger partial charge in [-0.1, -0.05) is 43.7 Å². The maximum absolute atomic E-state index is 12.2. The number of hydrogen-bond donors (Lipinski definition) is 6. The number of benzene rings is 1. The zero-order chi connectivity index (χ0) is 21.1. The standard InChI is InChI=1S/C18H26N4O6/c1-3-7-12(21-18(27)28)15(24)17(26)20-10-13(23)22-14(16(25)19-2)11-8-5-4-6-9-11/h4-6,8-9,12,14-15,21,24H,3,7,10H2,1-2H3,(H,19,25)(H,20,26)(H,22,23)(H,27,28)/t12-,14-,15?/m0/s1. The van der Waals surface area contributed by atoms with Crippen molar-refractivity contribution >= 4 is 23.8 Å². The van der Waals surface area contributed by atoms with Crippen LogP contribution in [0.15, 0.2) is 30.3 Å². The van der Waals surface area contributed by atoms with Gasteiger partial charge in [-0.2, -0.15) is 0 Å². The molecule has 1 aromatic carbocycles. The maximum atomic E-state index is 12.2. The van der Waals surface area contributed by atoms with Gasteiger partial charge in [0, 0.05) is 7.05 Å². The summed E-state index contributed by atoms with van der Waals surface area (Å²) in [4.78, 5) is 47.0. The van der Waals surface area contributed by atoms with Gasteiger partial charge in [0.15, 0.2) is 6.10 Å². The molecule has 0 aliphatic rings. The Morgan fingerprint density at radius 3 is 2.21 bits per heavy atom. The van der Waals surface area contributed by atoms with Crippen LogP contribution in [-0.4, -0.2) is 59.8 Å². The van der Waals surface area contributed by atoms with Crippen molar-refractivity contribution in [3.8, 4) is 0 Å². The summed E-state index contributed by atoms with van der Waals surface area (Å²) in [6.07, 6.45) is -2.22. The van der Waals surface area contributed by atoms with E-state index in [2.05, 4.69) is 21.3 Å². The van der Waals surface area contributed by atoms with Crippen molar-refractivity contribution in [1.82, 2.24) is 21.3 Å². The molecule has 1 unspecified atom stereocenters. The highest BCUT2D eigenvalue weighted by Crippen LogP contribution is 2.12. The molecule has 1 aromatic rings. The molecule has 0 aliphatic heterocycles. The number of carboxylic acid groups (broad SMARTS) is 1. The molecule has 0 heterocycles. The van der Waals surface area contributed by atoms with Crippen LogP contribution in [0.2, 0.25) is 0 Å². The Hall–Kier alpha value is -3.14. The van der Waals surface area contributed by atoms with Gasteiger partial charge >= 0.3 is 6.09 Å². The fourth-order valence-electron chi connectivity index (χ4n) is 2.54. The predicted octanol–water partition coefficient (Wildman–Crippen LogP) is -0.497. The Kier molecular flexibility index (Phi) is 9.44. The lowest BCUT2D eigenvalue weighted by atomic mass is 10.1. The molecule has 6 N–H and O–H groups in total. The number of hydrogen-bond acceptors (Lipinski definition) is 5. The number of rotatable bonds is 10. The third kappa shape index (κ3) is 7.23. The average molecular weight is 394 g/mol. The van der Waals surface area contributed by atoms with Crippen molar-refractivity contribution in [3.05, 3.63) is 35.9 Å². The van der Waals surface area contributed by atoms with Crippen LogP contribution in [0.1, 0.15) is 31.4 Å². The van der Waals surface area contributed by atoms with Crippen LogP contribution in [0, 0.1) is 0 Å². The second-order valence-corrected chi connectivity index (χ2v) is 6.03. The largest absolute Gasteiger partial charge is 0.465 e. The van der Waals surface area contributed by atoms with Crippen molar-refractivity contribution in [2.24, 2.45) is 0 Å². The van der Waals surface area contributed by atoms with Gasteiger partial charge in [0.1, 0.15) is 6.04 Å². The fraction of sp³-hybridized carbons (Fsp3) is 0.444. The maximum Gasteiger partial charge on any atom is 0.404 e. The Bertz CT molecular complexity index is 682. The highest BCUT2D eigenvalue weighted by Gasteiger charge is 2.28. The lowest BCUT2D eigenvalue weighted by molar-refractivity contribution is -0.133. The molecule has 0 saturated carbocycles.